The molecule has 0 N–H and O–H groups in total. The normalized spacial score (nSPS) is 16.7. The van der Waals surface area contributed by atoms with E-state index in [9.17, 15) is 4.79 Å². The molecule has 0 spiro atoms. The molecule has 2 heterocycles. The molecule has 0 amide bonds. The molecule has 0 aromatic carbocycles. The van der Waals surface area contributed by atoms with Crippen molar-refractivity contribution in [2.24, 2.45) is 0 Å². The molecule has 3 nitrogen and oxygen atoms in total. The van der Waals surface area contributed by atoms with E-state index in [0.29, 0.717) is 18.2 Å². The van der Waals surface area contributed by atoms with Crippen LogP contribution in [-0.2, 0) is 4.74 Å². The molecule has 6 heteroatoms. The monoisotopic (exact) mass is 465 g/mol. The molecule has 2 rings (SSSR count). The van der Waals surface area contributed by atoms with Gasteiger partial charge in [0.2, 0.25) is 0 Å². The Kier molecular flexibility index (Phi) is 4.28. The number of pyridine rings is 1. The Hall–Kier alpha value is 0.370. The summed E-state index contributed by atoms with van der Waals surface area (Å²) in [6.07, 6.45) is 0. The molecule has 90 valence electrons. The van der Waals surface area contributed by atoms with Crippen LogP contribution in [0.4, 0.5) is 0 Å². The number of nitrogens with zero attached hydrogens (tertiary/aromatic N) is 1. The quantitative estimate of drug-likeness (QED) is 0.254. The molecular weight excluding hydrogens is 455 g/mol. The molecule has 1 fully saturated rings. The number of alkyl halides is 4. The Bertz CT molecular complexity index is 435. The van der Waals surface area contributed by atoms with Gasteiger partial charge in [-0.1, -0.05) is 0 Å². The van der Waals surface area contributed by atoms with Crippen molar-refractivity contribution in [3.63, 3.8) is 0 Å². The minimum atomic E-state index is -0.392. The fraction of sp³-hybridized carbons (Fsp3) is 0.400. The van der Waals surface area contributed by atoms with E-state index in [0.717, 1.165) is 5.69 Å². The number of rotatable bonds is 2. The van der Waals surface area contributed by atoms with Gasteiger partial charge in [0.25, 0.3) is 0 Å². The Morgan fingerprint density at radius 1 is 1.62 bits per heavy atom. The van der Waals surface area contributed by atoms with Crippen LogP contribution in [0.3, 0.4) is 0 Å². The molecule has 1 aliphatic heterocycles. The molecule has 1 aliphatic rings. The zero-order valence-corrected chi connectivity index (χ0v) is 13.8. The number of hydrogen-bond acceptors (Lipinski definition) is 3. The van der Waals surface area contributed by atoms with Crippen molar-refractivity contribution in [3.8, 4) is 0 Å². The van der Waals surface area contributed by atoms with Crippen LogP contribution in [0, 0.1) is 6.92 Å². The first-order valence-electron chi connectivity index (χ1n) is 4.54. The molecule has 0 bridgehead atoms. The molecule has 0 radical (unpaired) electrons. The standard InChI is InChI=1S/C10H10ClI2NO2/c1-5-6(11)3-7(9-12-4-13-9)14-8(5)10(15)16-2/h3,9H,4H2,1-2H3/q-2. The van der Waals surface area contributed by atoms with Crippen molar-refractivity contribution in [2.75, 3.05) is 9.54 Å². The number of carbonyl (C=O) groups is 1. The van der Waals surface area contributed by atoms with Gasteiger partial charge in [0, 0.05) is 0 Å². The van der Waals surface area contributed by atoms with Gasteiger partial charge in [0.05, 0.1) is 0 Å². The van der Waals surface area contributed by atoms with Gasteiger partial charge in [-0.15, -0.1) is 0 Å². The van der Waals surface area contributed by atoms with Crippen molar-refractivity contribution in [1.82, 2.24) is 4.98 Å². The first-order chi connectivity index (χ1) is 7.63. The maximum atomic E-state index is 11.5. The summed E-state index contributed by atoms with van der Waals surface area (Å²) >= 11 is 6.65. The van der Waals surface area contributed by atoms with Crippen LogP contribution in [0.25, 0.3) is 0 Å². The third kappa shape index (κ3) is 2.45. The predicted molar refractivity (Wildman–Crippen MR) is 52.9 cm³/mol. The van der Waals surface area contributed by atoms with E-state index in [-0.39, 0.29) is 42.4 Å². The fourth-order valence-electron chi connectivity index (χ4n) is 1.28. The van der Waals surface area contributed by atoms with Gasteiger partial charge in [-0.2, -0.15) is 0 Å². The molecule has 1 saturated heterocycles. The summed E-state index contributed by atoms with van der Waals surface area (Å²) < 4.78 is 6.84. The van der Waals surface area contributed by atoms with E-state index < -0.39 is 5.97 Å². The number of halogens is 3. The van der Waals surface area contributed by atoms with Gasteiger partial charge in [0.1, 0.15) is 0 Å². The molecule has 0 saturated carbocycles. The number of aromatic nitrogens is 1. The van der Waals surface area contributed by atoms with Crippen LogP contribution in [0.15, 0.2) is 6.07 Å². The summed E-state index contributed by atoms with van der Waals surface area (Å²) in [5.74, 6) is -0.392. The van der Waals surface area contributed by atoms with E-state index in [1.165, 1.54) is 9.54 Å². The van der Waals surface area contributed by atoms with Gasteiger partial charge in [-0.25, -0.2) is 0 Å². The van der Waals surface area contributed by atoms with Crippen molar-refractivity contribution < 1.29 is 51.9 Å². The molecule has 1 aromatic rings. The van der Waals surface area contributed by atoms with Crippen LogP contribution < -0.4 is 42.4 Å². The molecule has 0 atom stereocenters. The van der Waals surface area contributed by atoms with Gasteiger partial charge in [-0.3, -0.25) is 0 Å². The Balaban J connectivity index is 2.42. The third-order valence-electron chi connectivity index (χ3n) is 2.22. The number of ether oxygens (including phenoxy) is 1. The van der Waals surface area contributed by atoms with E-state index in [1.807, 2.05) is 6.07 Å². The summed E-state index contributed by atoms with van der Waals surface area (Å²) in [4.78, 5) is 16.0. The third-order valence-corrected chi connectivity index (χ3v) is 15.0. The molecular formula is C10H10ClI2NO2-2. The van der Waals surface area contributed by atoms with Crippen molar-refractivity contribution in [2.45, 2.75) is 8.86 Å². The van der Waals surface area contributed by atoms with E-state index >= 15 is 0 Å². The van der Waals surface area contributed by atoms with Gasteiger partial charge < -0.3 is 0 Å². The average molecular weight is 465 g/mol. The van der Waals surface area contributed by atoms with Crippen LogP contribution in [0.5, 0.6) is 0 Å². The number of methoxy groups -OCH3 is 1. The maximum absolute atomic E-state index is 11.5. The second-order valence-electron chi connectivity index (χ2n) is 3.20. The summed E-state index contributed by atoms with van der Waals surface area (Å²) in [6.45, 7) is 1.80. The SMILES string of the molecule is COC(=O)c1nc(C2[I-]C[I-]2)cc(Cl)c1C. The van der Waals surface area contributed by atoms with Gasteiger partial charge in [0.15, 0.2) is 0 Å². The van der Waals surface area contributed by atoms with E-state index in [1.54, 1.807) is 6.92 Å². The first kappa shape index (κ1) is 12.8. The topological polar surface area (TPSA) is 39.2 Å². The summed E-state index contributed by atoms with van der Waals surface area (Å²) in [5.41, 5.74) is 2.11. The summed E-state index contributed by atoms with van der Waals surface area (Å²) in [5, 5.41) is 0.630. The number of carbonyl (C=O) groups excluding carboxylic acids is 1. The van der Waals surface area contributed by atoms with E-state index in [4.69, 9.17) is 16.3 Å². The fourth-order valence-corrected chi connectivity index (χ4v) is 8.15. The summed E-state index contributed by atoms with van der Waals surface area (Å²) in [7, 11) is 1.37. The van der Waals surface area contributed by atoms with Gasteiger partial charge in [-0.05, 0) is 0 Å². The van der Waals surface area contributed by atoms with Crippen LogP contribution in [0.1, 0.15) is 23.7 Å². The van der Waals surface area contributed by atoms with Crippen molar-refractivity contribution in [1.29, 1.82) is 0 Å². The van der Waals surface area contributed by atoms with E-state index in [2.05, 4.69) is 4.98 Å². The molecule has 1 aromatic heterocycles. The predicted octanol–water partition coefficient (Wildman–Crippen LogP) is -4.02. The van der Waals surface area contributed by atoms with Gasteiger partial charge >= 0.3 is 121 Å². The van der Waals surface area contributed by atoms with Crippen LogP contribution in [0.2, 0.25) is 5.02 Å². The zero-order chi connectivity index (χ0) is 11.7. The Morgan fingerprint density at radius 3 is 2.81 bits per heavy atom. The zero-order valence-electron chi connectivity index (χ0n) is 8.76. The van der Waals surface area contributed by atoms with Crippen LogP contribution >= 0.6 is 11.6 Å². The average Bonchev–Trinajstić information content (AvgIpc) is 2.19. The van der Waals surface area contributed by atoms with Crippen LogP contribution in [-0.4, -0.2) is 20.5 Å². The number of hydrogen-bond donors (Lipinski definition) is 0. The Morgan fingerprint density at radius 2 is 2.31 bits per heavy atom. The molecule has 0 aliphatic carbocycles. The first-order valence-corrected chi connectivity index (χ1v) is 10.5. The number of esters is 1. The van der Waals surface area contributed by atoms with Crippen molar-refractivity contribution >= 4 is 17.6 Å². The minimum absolute atomic E-state index is 0.262. The second-order valence-corrected chi connectivity index (χ2v) is 14.7. The molecule has 16 heavy (non-hydrogen) atoms. The van der Waals surface area contributed by atoms with Crippen molar-refractivity contribution in [3.05, 3.63) is 28.0 Å². The Labute approximate surface area is 120 Å². The summed E-state index contributed by atoms with van der Waals surface area (Å²) in [6, 6.07) is 1.92. The molecule has 0 unspecified atom stereocenters. The second kappa shape index (κ2) is 5.34.